The van der Waals surface area contributed by atoms with E-state index in [0.29, 0.717) is 18.1 Å². The molecule has 160 valence electrons. The molecule has 0 aliphatic carbocycles. The summed E-state index contributed by atoms with van der Waals surface area (Å²) in [5.74, 6) is 0.108. The van der Waals surface area contributed by atoms with Crippen molar-refractivity contribution < 1.29 is 14.0 Å². The van der Waals surface area contributed by atoms with Crippen LogP contribution in [0.3, 0.4) is 0 Å². The average Bonchev–Trinajstić information content (AvgIpc) is 2.78. The molecule has 3 rings (SSSR count). The van der Waals surface area contributed by atoms with Crippen LogP contribution in [0.25, 0.3) is 0 Å². The van der Waals surface area contributed by atoms with Gasteiger partial charge in [0.2, 0.25) is 11.8 Å². The quantitative estimate of drug-likeness (QED) is 0.625. The monoisotopic (exact) mass is 431 g/mol. The molecule has 2 amide bonds. The zero-order valence-electron chi connectivity index (χ0n) is 16.9. The Morgan fingerprint density at radius 2 is 2.07 bits per heavy atom. The fourth-order valence-electron chi connectivity index (χ4n) is 3.24. The summed E-state index contributed by atoms with van der Waals surface area (Å²) in [7, 11) is 0. The van der Waals surface area contributed by atoms with Crippen LogP contribution in [-0.4, -0.2) is 47.4 Å². The maximum Gasteiger partial charge on any atom is 0.234 e. The molecule has 1 atom stereocenters. The lowest BCUT2D eigenvalue weighted by Gasteiger charge is -2.32. The van der Waals surface area contributed by atoms with E-state index in [1.54, 1.807) is 12.1 Å². The summed E-state index contributed by atoms with van der Waals surface area (Å²) in [5.41, 5.74) is 0.159. The van der Waals surface area contributed by atoms with Crippen LogP contribution in [0.15, 0.2) is 41.4 Å². The van der Waals surface area contributed by atoms with Gasteiger partial charge in [-0.2, -0.15) is 0 Å². The Balaban J connectivity index is 1.50. The number of nitrogens with one attached hydrogen (secondary N) is 2. The third-order valence-electron chi connectivity index (χ3n) is 4.79. The van der Waals surface area contributed by atoms with Crippen LogP contribution in [0, 0.1) is 11.7 Å². The van der Waals surface area contributed by atoms with Crippen molar-refractivity contribution >= 4 is 35.1 Å². The molecule has 1 aromatic carbocycles. The first-order valence-corrected chi connectivity index (χ1v) is 11.1. The topological polar surface area (TPSA) is 87.2 Å². The van der Waals surface area contributed by atoms with Crippen molar-refractivity contribution in [3.63, 3.8) is 0 Å². The molecule has 0 bridgehead atoms. The van der Waals surface area contributed by atoms with Crippen molar-refractivity contribution in [3.8, 4) is 0 Å². The van der Waals surface area contributed by atoms with Crippen molar-refractivity contribution in [2.24, 2.45) is 5.92 Å². The Hall–Kier alpha value is -2.68. The number of para-hydroxylation sites is 1. The average molecular weight is 432 g/mol. The fourth-order valence-corrected chi connectivity index (χ4v) is 3.85. The SMILES string of the molecule is CCCNC(=O)[C@@H]1CCCN(c2ccc(SCC(=O)Nc3ccccc3F)nn2)C1. The molecular weight excluding hydrogens is 405 g/mol. The molecule has 2 N–H and O–H groups in total. The fraction of sp³-hybridized carbons (Fsp3) is 0.429. The summed E-state index contributed by atoms with van der Waals surface area (Å²) in [6.45, 7) is 4.20. The number of piperidine rings is 1. The number of benzene rings is 1. The molecule has 0 radical (unpaired) electrons. The largest absolute Gasteiger partial charge is 0.356 e. The number of hydrogen-bond donors (Lipinski definition) is 2. The third-order valence-corrected chi connectivity index (χ3v) is 5.71. The number of carbonyl (C=O) groups is 2. The summed E-state index contributed by atoms with van der Waals surface area (Å²) >= 11 is 1.23. The van der Waals surface area contributed by atoms with Gasteiger partial charge in [-0.15, -0.1) is 10.2 Å². The van der Waals surface area contributed by atoms with Gasteiger partial charge >= 0.3 is 0 Å². The lowest BCUT2D eigenvalue weighted by atomic mass is 9.97. The van der Waals surface area contributed by atoms with Crippen LogP contribution in [0.5, 0.6) is 0 Å². The van der Waals surface area contributed by atoms with Gasteiger partial charge in [0.25, 0.3) is 0 Å². The summed E-state index contributed by atoms with van der Waals surface area (Å²) in [6, 6.07) is 9.71. The summed E-state index contributed by atoms with van der Waals surface area (Å²) in [6.07, 6.45) is 2.73. The van der Waals surface area contributed by atoms with Gasteiger partial charge in [0.15, 0.2) is 5.82 Å². The molecule has 2 aromatic rings. The van der Waals surface area contributed by atoms with E-state index in [1.807, 2.05) is 19.1 Å². The molecule has 1 fully saturated rings. The highest BCUT2D eigenvalue weighted by Gasteiger charge is 2.26. The summed E-state index contributed by atoms with van der Waals surface area (Å²) < 4.78 is 13.6. The van der Waals surface area contributed by atoms with Crippen LogP contribution >= 0.6 is 11.8 Å². The number of carbonyl (C=O) groups excluding carboxylic acids is 2. The Morgan fingerprint density at radius 1 is 1.23 bits per heavy atom. The molecule has 0 spiro atoms. The minimum atomic E-state index is -0.469. The first kappa shape index (κ1) is 22.0. The molecule has 1 saturated heterocycles. The van der Waals surface area contributed by atoms with Gasteiger partial charge < -0.3 is 15.5 Å². The van der Waals surface area contributed by atoms with E-state index in [9.17, 15) is 14.0 Å². The number of amides is 2. The van der Waals surface area contributed by atoms with Crippen molar-refractivity contribution in [2.45, 2.75) is 31.2 Å². The van der Waals surface area contributed by atoms with Crippen LogP contribution in [0.1, 0.15) is 26.2 Å². The second-order valence-corrected chi connectivity index (χ2v) is 8.12. The van der Waals surface area contributed by atoms with Crippen molar-refractivity contribution in [1.29, 1.82) is 0 Å². The van der Waals surface area contributed by atoms with Gasteiger partial charge in [-0.25, -0.2) is 4.39 Å². The molecule has 2 heterocycles. The number of aromatic nitrogens is 2. The smallest absolute Gasteiger partial charge is 0.234 e. The van der Waals surface area contributed by atoms with Crippen LogP contribution in [-0.2, 0) is 9.59 Å². The first-order valence-electron chi connectivity index (χ1n) is 10.1. The van der Waals surface area contributed by atoms with E-state index in [4.69, 9.17) is 0 Å². The normalized spacial score (nSPS) is 16.2. The highest BCUT2D eigenvalue weighted by molar-refractivity contribution is 7.99. The molecule has 30 heavy (non-hydrogen) atoms. The van der Waals surface area contributed by atoms with Gasteiger partial charge in [-0.3, -0.25) is 9.59 Å². The highest BCUT2D eigenvalue weighted by atomic mass is 32.2. The van der Waals surface area contributed by atoms with Crippen LogP contribution in [0.2, 0.25) is 0 Å². The molecule has 7 nitrogen and oxygen atoms in total. The van der Waals surface area contributed by atoms with E-state index in [-0.39, 0.29) is 29.2 Å². The minimum absolute atomic E-state index is 0.0387. The number of rotatable bonds is 8. The van der Waals surface area contributed by atoms with Crippen molar-refractivity contribution in [2.75, 3.05) is 35.6 Å². The standard InChI is InChI=1S/C21H26FN5O2S/c1-2-11-23-21(29)15-6-5-12-27(13-15)18-9-10-20(26-25-18)30-14-19(28)24-17-8-4-3-7-16(17)22/h3-4,7-10,15H,2,5-6,11-14H2,1H3,(H,23,29)(H,24,28)/t15-/m1/s1. The molecule has 9 heteroatoms. The summed E-state index contributed by atoms with van der Waals surface area (Å²) in [5, 5.41) is 14.6. The predicted octanol–water partition coefficient (Wildman–Crippen LogP) is 3.09. The highest BCUT2D eigenvalue weighted by Crippen LogP contribution is 2.23. The lowest BCUT2D eigenvalue weighted by molar-refractivity contribution is -0.125. The first-order chi connectivity index (χ1) is 14.6. The number of thioether (sulfide) groups is 1. The van der Waals surface area contributed by atoms with Gasteiger partial charge in [-0.1, -0.05) is 30.8 Å². The molecule has 0 saturated carbocycles. The Bertz CT molecular complexity index is 865. The maximum absolute atomic E-state index is 13.6. The van der Waals surface area contributed by atoms with Gasteiger partial charge in [-0.05, 0) is 43.5 Å². The van der Waals surface area contributed by atoms with E-state index >= 15 is 0 Å². The molecule has 1 aliphatic heterocycles. The second-order valence-electron chi connectivity index (χ2n) is 7.12. The van der Waals surface area contributed by atoms with E-state index in [1.165, 1.54) is 23.9 Å². The van der Waals surface area contributed by atoms with Crippen molar-refractivity contribution in [3.05, 3.63) is 42.2 Å². The van der Waals surface area contributed by atoms with E-state index in [2.05, 4.69) is 25.7 Å². The Morgan fingerprint density at radius 3 is 2.80 bits per heavy atom. The maximum atomic E-state index is 13.6. The Kier molecular flexibility index (Phi) is 8.01. The molecule has 1 aliphatic rings. The van der Waals surface area contributed by atoms with Gasteiger partial charge in [0.1, 0.15) is 10.8 Å². The molecule has 0 unspecified atom stereocenters. The minimum Gasteiger partial charge on any atom is -0.356 e. The predicted molar refractivity (Wildman–Crippen MR) is 116 cm³/mol. The van der Waals surface area contributed by atoms with Crippen LogP contribution < -0.4 is 15.5 Å². The number of hydrogen-bond acceptors (Lipinski definition) is 6. The molecular formula is C21H26FN5O2S. The zero-order valence-corrected chi connectivity index (χ0v) is 17.8. The number of anilines is 2. The van der Waals surface area contributed by atoms with E-state index in [0.717, 1.165) is 31.6 Å². The van der Waals surface area contributed by atoms with E-state index < -0.39 is 5.82 Å². The second kappa shape index (κ2) is 10.9. The van der Waals surface area contributed by atoms with Crippen LogP contribution in [0.4, 0.5) is 15.9 Å². The Labute approximate surface area is 179 Å². The number of halogens is 1. The lowest BCUT2D eigenvalue weighted by Crippen LogP contribution is -2.43. The zero-order chi connectivity index (χ0) is 21.3. The third kappa shape index (κ3) is 6.16. The number of nitrogens with zero attached hydrogens (tertiary/aromatic N) is 3. The van der Waals surface area contributed by atoms with Gasteiger partial charge in [0, 0.05) is 19.6 Å². The molecule has 1 aromatic heterocycles. The van der Waals surface area contributed by atoms with Crippen molar-refractivity contribution in [1.82, 2.24) is 15.5 Å². The summed E-state index contributed by atoms with van der Waals surface area (Å²) in [4.78, 5) is 26.4. The van der Waals surface area contributed by atoms with Gasteiger partial charge in [0.05, 0.1) is 17.4 Å².